The fourth-order valence-corrected chi connectivity index (χ4v) is 2.62. The Morgan fingerprint density at radius 2 is 2.00 bits per heavy atom. The van der Waals surface area contributed by atoms with Gasteiger partial charge in [-0.25, -0.2) is 4.98 Å². The summed E-state index contributed by atoms with van der Waals surface area (Å²) in [6.45, 7) is 4.36. The fraction of sp³-hybridized carbons (Fsp3) is 0.385. The SMILES string of the molecule is CC(C)C(CO)c1csc(-c2ccncc2)n1. The Morgan fingerprint density at radius 3 is 2.59 bits per heavy atom. The van der Waals surface area contributed by atoms with Crippen LogP contribution in [0.5, 0.6) is 0 Å². The molecule has 2 heterocycles. The van der Waals surface area contributed by atoms with Crippen molar-refractivity contribution in [3.05, 3.63) is 35.6 Å². The van der Waals surface area contributed by atoms with Gasteiger partial charge in [0.05, 0.1) is 12.3 Å². The number of rotatable bonds is 4. The average molecular weight is 248 g/mol. The monoisotopic (exact) mass is 248 g/mol. The first kappa shape index (κ1) is 12.2. The highest BCUT2D eigenvalue weighted by molar-refractivity contribution is 7.13. The minimum Gasteiger partial charge on any atom is -0.396 e. The molecular weight excluding hydrogens is 232 g/mol. The van der Waals surface area contributed by atoms with Gasteiger partial charge in [-0.15, -0.1) is 11.3 Å². The minimum atomic E-state index is 0.127. The molecule has 0 spiro atoms. The molecule has 2 aromatic rings. The Labute approximate surface area is 105 Å². The van der Waals surface area contributed by atoms with Crippen LogP contribution in [0.25, 0.3) is 10.6 Å². The van der Waals surface area contributed by atoms with E-state index >= 15 is 0 Å². The van der Waals surface area contributed by atoms with E-state index in [9.17, 15) is 5.11 Å². The van der Waals surface area contributed by atoms with E-state index in [2.05, 4.69) is 23.8 Å². The van der Waals surface area contributed by atoms with Crippen molar-refractivity contribution >= 4 is 11.3 Å². The van der Waals surface area contributed by atoms with Crippen molar-refractivity contribution in [2.75, 3.05) is 6.61 Å². The largest absolute Gasteiger partial charge is 0.396 e. The summed E-state index contributed by atoms with van der Waals surface area (Å²) in [7, 11) is 0. The molecule has 0 fully saturated rings. The average Bonchev–Trinajstić information content (AvgIpc) is 2.80. The second-order valence-corrected chi connectivity index (χ2v) is 5.20. The number of aliphatic hydroxyl groups is 1. The molecule has 3 nitrogen and oxygen atoms in total. The minimum absolute atomic E-state index is 0.127. The quantitative estimate of drug-likeness (QED) is 0.905. The summed E-state index contributed by atoms with van der Waals surface area (Å²) in [5.74, 6) is 0.522. The van der Waals surface area contributed by atoms with Crippen LogP contribution in [0.1, 0.15) is 25.5 Å². The molecule has 0 radical (unpaired) electrons. The van der Waals surface area contributed by atoms with Gasteiger partial charge in [0.1, 0.15) is 5.01 Å². The summed E-state index contributed by atoms with van der Waals surface area (Å²) in [5.41, 5.74) is 2.07. The maximum atomic E-state index is 9.38. The normalized spacial score (nSPS) is 12.9. The van der Waals surface area contributed by atoms with Crippen molar-refractivity contribution in [1.82, 2.24) is 9.97 Å². The highest BCUT2D eigenvalue weighted by Crippen LogP contribution is 2.29. The van der Waals surface area contributed by atoms with E-state index < -0.39 is 0 Å². The van der Waals surface area contributed by atoms with Crippen LogP contribution < -0.4 is 0 Å². The Kier molecular flexibility index (Phi) is 3.86. The van der Waals surface area contributed by atoms with E-state index in [4.69, 9.17) is 0 Å². The van der Waals surface area contributed by atoms with Crippen molar-refractivity contribution in [3.8, 4) is 10.6 Å². The molecule has 0 aliphatic carbocycles. The van der Waals surface area contributed by atoms with Gasteiger partial charge >= 0.3 is 0 Å². The van der Waals surface area contributed by atoms with E-state index in [1.54, 1.807) is 23.7 Å². The fourth-order valence-electron chi connectivity index (χ4n) is 1.73. The van der Waals surface area contributed by atoms with Crippen LogP contribution in [0.2, 0.25) is 0 Å². The van der Waals surface area contributed by atoms with Crippen molar-refractivity contribution in [1.29, 1.82) is 0 Å². The molecule has 2 aromatic heterocycles. The maximum Gasteiger partial charge on any atom is 0.123 e. The van der Waals surface area contributed by atoms with Gasteiger partial charge in [-0.1, -0.05) is 13.8 Å². The van der Waals surface area contributed by atoms with Crippen LogP contribution >= 0.6 is 11.3 Å². The van der Waals surface area contributed by atoms with E-state index in [0.29, 0.717) is 5.92 Å². The van der Waals surface area contributed by atoms with Crippen molar-refractivity contribution in [2.24, 2.45) is 5.92 Å². The van der Waals surface area contributed by atoms with Crippen molar-refractivity contribution in [3.63, 3.8) is 0 Å². The van der Waals surface area contributed by atoms with Gasteiger partial charge in [0.2, 0.25) is 0 Å². The summed E-state index contributed by atoms with van der Waals surface area (Å²) >= 11 is 1.61. The molecule has 2 rings (SSSR count). The third kappa shape index (κ3) is 2.70. The predicted molar refractivity (Wildman–Crippen MR) is 70.0 cm³/mol. The predicted octanol–water partition coefficient (Wildman–Crippen LogP) is 2.94. The van der Waals surface area contributed by atoms with Crippen molar-refractivity contribution < 1.29 is 5.11 Å². The first-order valence-electron chi connectivity index (χ1n) is 5.69. The van der Waals surface area contributed by atoms with Gasteiger partial charge in [0, 0.05) is 29.3 Å². The molecule has 1 N–H and O–H groups in total. The molecule has 1 unspecified atom stereocenters. The number of thiazole rings is 1. The first-order valence-corrected chi connectivity index (χ1v) is 6.57. The highest BCUT2D eigenvalue weighted by atomic mass is 32.1. The van der Waals surface area contributed by atoms with Gasteiger partial charge in [-0.2, -0.15) is 0 Å². The van der Waals surface area contributed by atoms with Crippen LogP contribution in [0, 0.1) is 5.92 Å². The van der Waals surface area contributed by atoms with Gasteiger partial charge in [-0.05, 0) is 18.1 Å². The molecule has 0 amide bonds. The number of hydrogen-bond donors (Lipinski definition) is 1. The number of nitrogens with zero attached hydrogens (tertiary/aromatic N) is 2. The Hall–Kier alpha value is -1.26. The van der Waals surface area contributed by atoms with E-state index in [1.165, 1.54) is 0 Å². The summed E-state index contributed by atoms with van der Waals surface area (Å²) in [4.78, 5) is 8.60. The lowest BCUT2D eigenvalue weighted by atomic mass is 9.94. The molecule has 0 aromatic carbocycles. The molecule has 0 aliphatic heterocycles. The van der Waals surface area contributed by atoms with E-state index in [0.717, 1.165) is 16.3 Å². The summed E-state index contributed by atoms with van der Waals surface area (Å²) in [6, 6.07) is 3.90. The number of pyridine rings is 1. The maximum absolute atomic E-state index is 9.38. The topological polar surface area (TPSA) is 46.0 Å². The number of aliphatic hydroxyl groups excluding tert-OH is 1. The molecule has 4 heteroatoms. The Balaban J connectivity index is 2.27. The van der Waals surface area contributed by atoms with E-state index in [1.807, 2.05) is 17.5 Å². The number of aromatic nitrogens is 2. The Morgan fingerprint density at radius 1 is 1.29 bits per heavy atom. The lowest BCUT2D eigenvalue weighted by Gasteiger charge is -2.15. The number of hydrogen-bond acceptors (Lipinski definition) is 4. The van der Waals surface area contributed by atoms with Gasteiger partial charge < -0.3 is 5.11 Å². The molecule has 0 saturated carbocycles. The van der Waals surface area contributed by atoms with Crippen LogP contribution in [0.15, 0.2) is 29.9 Å². The van der Waals surface area contributed by atoms with Gasteiger partial charge in [0.15, 0.2) is 0 Å². The molecule has 1 atom stereocenters. The van der Waals surface area contributed by atoms with Crippen LogP contribution in [-0.4, -0.2) is 21.7 Å². The lowest BCUT2D eigenvalue weighted by molar-refractivity contribution is 0.235. The molecular formula is C13H16N2OS. The van der Waals surface area contributed by atoms with Crippen LogP contribution in [-0.2, 0) is 0 Å². The molecule has 0 aliphatic rings. The van der Waals surface area contributed by atoms with E-state index in [-0.39, 0.29) is 12.5 Å². The summed E-state index contributed by atoms with van der Waals surface area (Å²) < 4.78 is 0. The first-order chi connectivity index (χ1) is 8.22. The zero-order valence-electron chi connectivity index (χ0n) is 10.00. The third-order valence-corrected chi connectivity index (χ3v) is 3.74. The lowest BCUT2D eigenvalue weighted by Crippen LogP contribution is -2.11. The Bertz CT molecular complexity index is 467. The molecule has 17 heavy (non-hydrogen) atoms. The van der Waals surface area contributed by atoms with Crippen molar-refractivity contribution in [2.45, 2.75) is 19.8 Å². The van der Waals surface area contributed by atoms with Crippen LogP contribution in [0.3, 0.4) is 0 Å². The zero-order valence-corrected chi connectivity index (χ0v) is 10.8. The molecule has 90 valence electrons. The smallest absolute Gasteiger partial charge is 0.123 e. The summed E-state index contributed by atoms with van der Waals surface area (Å²) in [6.07, 6.45) is 3.53. The standard InChI is InChI=1S/C13H16N2OS/c1-9(2)11(7-16)12-8-17-13(15-12)10-3-5-14-6-4-10/h3-6,8-9,11,16H,7H2,1-2H3. The van der Waals surface area contributed by atoms with Gasteiger partial charge in [0.25, 0.3) is 0 Å². The summed E-state index contributed by atoms with van der Waals surface area (Å²) in [5, 5.41) is 12.4. The zero-order chi connectivity index (χ0) is 12.3. The molecule has 0 bridgehead atoms. The molecule has 0 saturated heterocycles. The second kappa shape index (κ2) is 5.38. The highest BCUT2D eigenvalue weighted by Gasteiger charge is 2.18. The third-order valence-electron chi connectivity index (χ3n) is 2.83. The van der Waals surface area contributed by atoms with Gasteiger partial charge in [-0.3, -0.25) is 4.98 Å². The second-order valence-electron chi connectivity index (χ2n) is 4.35. The van der Waals surface area contributed by atoms with Crippen LogP contribution in [0.4, 0.5) is 0 Å².